The molecule has 1 aliphatic rings. The molecule has 0 saturated carbocycles. The van der Waals surface area contributed by atoms with E-state index in [-0.39, 0.29) is 5.92 Å². The Balaban J connectivity index is 0.000000501. The first-order chi connectivity index (χ1) is 21.7. The Hall–Kier alpha value is -3.82. The largest absolute Gasteiger partial charge is 0.481 e. The molecule has 1 aliphatic heterocycles. The predicted molar refractivity (Wildman–Crippen MR) is 178 cm³/mol. The predicted octanol–water partition coefficient (Wildman–Crippen LogP) is 5.42. The van der Waals surface area contributed by atoms with Gasteiger partial charge in [0, 0.05) is 12.6 Å². The van der Waals surface area contributed by atoms with Gasteiger partial charge >= 0.3 is 5.97 Å². The molecule has 240 valence electrons. The highest BCUT2D eigenvalue weighted by atomic mass is 16.4. The average molecular weight is 613 g/mol. The number of likely N-dealkylation sites (tertiary alicyclic amines) is 1. The van der Waals surface area contributed by atoms with E-state index in [2.05, 4.69) is 14.9 Å². The third kappa shape index (κ3) is 8.67. The van der Waals surface area contributed by atoms with Gasteiger partial charge in [0.05, 0.1) is 23.5 Å². The lowest BCUT2D eigenvalue weighted by Gasteiger charge is -2.42. The van der Waals surface area contributed by atoms with Gasteiger partial charge in [0.25, 0.3) is 0 Å². The molecule has 0 amide bonds. The summed E-state index contributed by atoms with van der Waals surface area (Å²) in [6.07, 6.45) is 7.14. The van der Waals surface area contributed by atoms with E-state index in [1.165, 1.54) is 0 Å². The molecule has 0 spiro atoms. The number of aliphatic hydroxyl groups excluding tert-OH is 1. The third-order valence-corrected chi connectivity index (χ3v) is 9.07. The molecule has 4 aromatic rings. The SMILES string of the molecule is CC(C)(C(=O)O)c1ccc(C(O)CCCN2CCC(C(O)(c3ccccc3)c3ccccc3)CC2)cc1.NCCc1c[nH]cn1. The molecule has 8 heteroatoms. The van der Waals surface area contributed by atoms with Gasteiger partial charge in [-0.1, -0.05) is 84.9 Å². The first-order valence-electron chi connectivity index (χ1n) is 15.9. The molecular weight excluding hydrogens is 564 g/mol. The number of nitrogens with one attached hydrogen (secondary N) is 1. The number of nitrogens with two attached hydrogens (primary N) is 1. The number of hydrogen-bond acceptors (Lipinski definition) is 6. The molecule has 1 saturated heterocycles. The summed E-state index contributed by atoms with van der Waals surface area (Å²) in [6.45, 7) is 6.78. The van der Waals surface area contributed by atoms with Crippen molar-refractivity contribution in [2.24, 2.45) is 11.7 Å². The molecule has 45 heavy (non-hydrogen) atoms. The van der Waals surface area contributed by atoms with Crippen LogP contribution in [0.25, 0.3) is 0 Å². The number of imidazole rings is 1. The first-order valence-corrected chi connectivity index (χ1v) is 15.9. The quantitative estimate of drug-likeness (QED) is 0.144. The van der Waals surface area contributed by atoms with Crippen molar-refractivity contribution in [3.8, 4) is 0 Å². The van der Waals surface area contributed by atoms with Crippen LogP contribution in [0, 0.1) is 5.92 Å². The Bertz CT molecular complexity index is 1380. The molecule has 0 radical (unpaired) electrons. The zero-order valence-corrected chi connectivity index (χ0v) is 26.5. The topological polar surface area (TPSA) is 136 Å². The Morgan fingerprint density at radius 1 is 0.956 bits per heavy atom. The summed E-state index contributed by atoms with van der Waals surface area (Å²) in [6, 6.07) is 27.3. The number of aromatic nitrogens is 2. The number of aromatic amines is 1. The van der Waals surface area contributed by atoms with Crippen molar-refractivity contribution in [1.29, 1.82) is 0 Å². The monoisotopic (exact) mass is 612 g/mol. The number of benzene rings is 3. The van der Waals surface area contributed by atoms with Crippen LogP contribution >= 0.6 is 0 Å². The van der Waals surface area contributed by atoms with Gasteiger partial charge in [-0.3, -0.25) is 4.79 Å². The second-order valence-corrected chi connectivity index (χ2v) is 12.4. The van der Waals surface area contributed by atoms with Crippen LogP contribution in [0.5, 0.6) is 0 Å². The highest BCUT2D eigenvalue weighted by Crippen LogP contribution is 2.42. The van der Waals surface area contributed by atoms with Crippen LogP contribution in [0.4, 0.5) is 0 Å². The molecule has 8 nitrogen and oxygen atoms in total. The maximum Gasteiger partial charge on any atom is 0.313 e. The van der Waals surface area contributed by atoms with Crippen LogP contribution in [-0.2, 0) is 22.2 Å². The van der Waals surface area contributed by atoms with E-state index in [1.807, 2.05) is 79.0 Å². The van der Waals surface area contributed by atoms with Crippen LogP contribution in [-0.4, -0.2) is 62.3 Å². The van der Waals surface area contributed by atoms with E-state index in [4.69, 9.17) is 5.73 Å². The highest BCUT2D eigenvalue weighted by Gasteiger charge is 2.41. The Labute approximate surface area is 267 Å². The number of nitrogens with zero attached hydrogens (tertiary/aromatic N) is 2. The van der Waals surface area contributed by atoms with Gasteiger partial charge in [0.15, 0.2) is 0 Å². The Kier molecular flexibility index (Phi) is 12.1. The van der Waals surface area contributed by atoms with Gasteiger partial charge in [0.1, 0.15) is 5.60 Å². The summed E-state index contributed by atoms with van der Waals surface area (Å²) in [4.78, 5) is 20.7. The number of piperidine rings is 1. The minimum atomic E-state index is -1.01. The lowest BCUT2D eigenvalue weighted by Crippen LogP contribution is -2.44. The molecule has 0 bridgehead atoms. The number of carbonyl (C=O) groups is 1. The minimum absolute atomic E-state index is 0.132. The maximum absolute atomic E-state index is 12.1. The number of carboxylic acid groups (broad SMARTS) is 1. The van der Waals surface area contributed by atoms with Crippen molar-refractivity contribution in [3.05, 3.63) is 125 Å². The van der Waals surface area contributed by atoms with Crippen molar-refractivity contribution >= 4 is 5.97 Å². The summed E-state index contributed by atoms with van der Waals surface area (Å²) in [5.41, 5.74) is 7.77. The fourth-order valence-corrected chi connectivity index (χ4v) is 6.09. The fourth-order valence-electron chi connectivity index (χ4n) is 6.09. The van der Waals surface area contributed by atoms with E-state index in [1.54, 1.807) is 32.3 Å². The highest BCUT2D eigenvalue weighted by molar-refractivity contribution is 5.80. The molecule has 1 unspecified atom stereocenters. The van der Waals surface area contributed by atoms with Crippen LogP contribution in [0.15, 0.2) is 97.5 Å². The number of aliphatic hydroxyl groups is 2. The van der Waals surface area contributed by atoms with Gasteiger partial charge in [-0.2, -0.15) is 0 Å². The smallest absolute Gasteiger partial charge is 0.313 e. The van der Waals surface area contributed by atoms with E-state index in [0.717, 1.165) is 73.3 Å². The summed E-state index contributed by atoms with van der Waals surface area (Å²) in [5, 5.41) is 32.2. The van der Waals surface area contributed by atoms with Crippen LogP contribution < -0.4 is 5.73 Å². The van der Waals surface area contributed by atoms with E-state index in [9.17, 15) is 20.1 Å². The Morgan fingerprint density at radius 2 is 1.53 bits per heavy atom. The van der Waals surface area contributed by atoms with Gasteiger partial charge in [-0.15, -0.1) is 0 Å². The molecule has 1 aromatic heterocycles. The zero-order valence-electron chi connectivity index (χ0n) is 26.5. The van der Waals surface area contributed by atoms with Gasteiger partial charge < -0.3 is 30.9 Å². The number of hydrogen-bond donors (Lipinski definition) is 5. The van der Waals surface area contributed by atoms with Crippen LogP contribution in [0.1, 0.15) is 73.6 Å². The number of rotatable bonds is 12. The lowest BCUT2D eigenvalue weighted by atomic mass is 9.72. The second-order valence-electron chi connectivity index (χ2n) is 12.4. The first kappa shape index (κ1) is 34.1. The van der Waals surface area contributed by atoms with Crippen LogP contribution in [0.3, 0.4) is 0 Å². The molecule has 3 aromatic carbocycles. The van der Waals surface area contributed by atoms with Crippen molar-refractivity contribution in [2.75, 3.05) is 26.2 Å². The average Bonchev–Trinajstić information content (AvgIpc) is 3.59. The molecule has 2 heterocycles. The van der Waals surface area contributed by atoms with Gasteiger partial charge in [-0.05, 0) is 93.9 Å². The molecule has 5 rings (SSSR count). The van der Waals surface area contributed by atoms with Gasteiger partial charge in [0.2, 0.25) is 0 Å². The number of carboxylic acids is 1. The van der Waals surface area contributed by atoms with Crippen molar-refractivity contribution in [1.82, 2.24) is 14.9 Å². The minimum Gasteiger partial charge on any atom is -0.481 e. The summed E-state index contributed by atoms with van der Waals surface area (Å²) in [7, 11) is 0. The molecule has 0 aliphatic carbocycles. The second kappa shape index (κ2) is 16.0. The summed E-state index contributed by atoms with van der Waals surface area (Å²) in [5.74, 6) is -0.733. The fraction of sp³-hybridized carbons (Fsp3) is 0.405. The molecular formula is C37H48N4O4. The number of aliphatic carboxylic acids is 1. The summed E-state index contributed by atoms with van der Waals surface area (Å²) >= 11 is 0. The molecule has 1 atom stereocenters. The summed E-state index contributed by atoms with van der Waals surface area (Å²) < 4.78 is 0. The number of H-pyrrole nitrogens is 1. The molecule has 6 N–H and O–H groups in total. The lowest BCUT2D eigenvalue weighted by molar-refractivity contribution is -0.142. The third-order valence-electron chi connectivity index (χ3n) is 9.07. The Morgan fingerprint density at radius 3 is 2.02 bits per heavy atom. The standard InChI is InChI=1S/C32H39NO4.C5H9N3/c1-31(2,30(35)36)25-17-15-24(16-18-25)29(34)14-9-21-33-22-19-28(20-23-33)32(37,26-10-5-3-6-11-26)27-12-7-4-8-13-27;6-2-1-5-3-7-4-8-5/h3-8,10-13,15-18,28-29,34,37H,9,14,19-23H2,1-2H3,(H,35,36);3-4H,1-2,6H2,(H,7,8). The van der Waals surface area contributed by atoms with Crippen molar-refractivity contribution in [3.63, 3.8) is 0 Å². The van der Waals surface area contributed by atoms with Crippen molar-refractivity contribution in [2.45, 2.75) is 63.1 Å². The van der Waals surface area contributed by atoms with E-state index < -0.39 is 23.1 Å². The van der Waals surface area contributed by atoms with Crippen LogP contribution in [0.2, 0.25) is 0 Å². The van der Waals surface area contributed by atoms with E-state index >= 15 is 0 Å². The maximum atomic E-state index is 12.1. The van der Waals surface area contributed by atoms with Crippen molar-refractivity contribution < 1.29 is 20.1 Å². The molecule has 1 fully saturated rings. The normalized spacial score (nSPS) is 15.2. The van der Waals surface area contributed by atoms with E-state index in [0.29, 0.717) is 13.0 Å². The zero-order chi connectivity index (χ0) is 32.3. The van der Waals surface area contributed by atoms with Gasteiger partial charge in [-0.25, -0.2) is 4.98 Å².